The topological polar surface area (TPSA) is 49.4 Å². The molecule has 2 amide bonds. The Balaban J connectivity index is 2.20. The molecule has 0 aromatic heterocycles. The molecule has 0 aliphatic rings. The minimum absolute atomic E-state index is 0.0504. The first kappa shape index (κ1) is 18.0. The van der Waals surface area contributed by atoms with Crippen molar-refractivity contribution in [2.24, 2.45) is 0 Å². The SMILES string of the molecule is CC(=O)N(CC(=O)Nc1cc(C)ccc1C)c1ccc(Cl)cc1C. The molecule has 0 saturated carbocycles. The van der Waals surface area contributed by atoms with E-state index in [1.807, 2.05) is 39.0 Å². The number of halogens is 1. The average Bonchev–Trinajstić information content (AvgIpc) is 2.49. The largest absolute Gasteiger partial charge is 0.324 e. The van der Waals surface area contributed by atoms with E-state index in [-0.39, 0.29) is 18.4 Å². The minimum Gasteiger partial charge on any atom is -0.324 e. The Morgan fingerprint density at radius 3 is 2.38 bits per heavy atom. The maximum absolute atomic E-state index is 12.4. The fourth-order valence-electron chi connectivity index (χ4n) is 2.49. The highest BCUT2D eigenvalue weighted by atomic mass is 35.5. The normalized spacial score (nSPS) is 10.4. The second-order valence-corrected chi connectivity index (χ2v) is 6.34. The number of amides is 2. The first-order chi connectivity index (χ1) is 11.3. The lowest BCUT2D eigenvalue weighted by molar-refractivity contribution is -0.120. The summed E-state index contributed by atoms with van der Waals surface area (Å²) in [7, 11) is 0. The number of nitrogens with zero attached hydrogens (tertiary/aromatic N) is 1. The van der Waals surface area contributed by atoms with Gasteiger partial charge >= 0.3 is 0 Å². The summed E-state index contributed by atoms with van der Waals surface area (Å²) in [6.45, 7) is 7.15. The van der Waals surface area contributed by atoms with Crippen LogP contribution in [0.15, 0.2) is 36.4 Å². The maximum atomic E-state index is 12.4. The van der Waals surface area contributed by atoms with Gasteiger partial charge < -0.3 is 10.2 Å². The number of anilines is 2. The Labute approximate surface area is 147 Å². The number of carbonyl (C=O) groups excluding carboxylic acids is 2. The zero-order chi connectivity index (χ0) is 17.9. The molecule has 0 aliphatic carbocycles. The van der Waals surface area contributed by atoms with E-state index < -0.39 is 0 Å². The van der Waals surface area contributed by atoms with Crippen LogP contribution in [-0.2, 0) is 9.59 Å². The van der Waals surface area contributed by atoms with E-state index in [4.69, 9.17) is 11.6 Å². The number of hydrogen-bond donors (Lipinski definition) is 1. The summed E-state index contributed by atoms with van der Waals surface area (Å²) in [5, 5.41) is 3.47. The molecule has 2 aromatic rings. The van der Waals surface area contributed by atoms with Gasteiger partial charge in [0.25, 0.3) is 0 Å². The third kappa shape index (κ3) is 4.36. The van der Waals surface area contributed by atoms with Crippen molar-refractivity contribution in [2.45, 2.75) is 27.7 Å². The van der Waals surface area contributed by atoms with E-state index in [0.29, 0.717) is 10.7 Å². The van der Waals surface area contributed by atoms with Crippen LogP contribution >= 0.6 is 11.6 Å². The van der Waals surface area contributed by atoms with Gasteiger partial charge in [0.15, 0.2) is 0 Å². The van der Waals surface area contributed by atoms with E-state index in [0.717, 1.165) is 22.4 Å². The van der Waals surface area contributed by atoms with Gasteiger partial charge in [-0.25, -0.2) is 0 Å². The van der Waals surface area contributed by atoms with Gasteiger partial charge in [-0.2, -0.15) is 0 Å². The Hall–Kier alpha value is -2.33. The first-order valence-corrected chi connectivity index (χ1v) is 8.07. The number of rotatable bonds is 4. The Kier molecular flexibility index (Phi) is 5.62. The number of carbonyl (C=O) groups is 2. The van der Waals surface area contributed by atoms with Crippen molar-refractivity contribution in [1.82, 2.24) is 0 Å². The van der Waals surface area contributed by atoms with Gasteiger partial charge in [0.2, 0.25) is 11.8 Å². The molecule has 0 heterocycles. The molecular formula is C19H21ClN2O2. The molecule has 0 radical (unpaired) electrons. The van der Waals surface area contributed by atoms with E-state index in [9.17, 15) is 9.59 Å². The van der Waals surface area contributed by atoms with Crippen LogP contribution in [0, 0.1) is 20.8 Å². The zero-order valence-electron chi connectivity index (χ0n) is 14.3. The van der Waals surface area contributed by atoms with Crippen LogP contribution < -0.4 is 10.2 Å². The third-order valence-corrected chi connectivity index (χ3v) is 4.03. The van der Waals surface area contributed by atoms with E-state index in [1.165, 1.54) is 11.8 Å². The van der Waals surface area contributed by atoms with Crippen molar-refractivity contribution in [3.8, 4) is 0 Å². The molecular weight excluding hydrogens is 324 g/mol. The summed E-state index contributed by atoms with van der Waals surface area (Å²) in [5.41, 5.74) is 4.33. The Morgan fingerprint density at radius 1 is 1.04 bits per heavy atom. The molecule has 5 heteroatoms. The lowest BCUT2D eigenvalue weighted by Crippen LogP contribution is -2.37. The molecule has 126 valence electrons. The molecule has 24 heavy (non-hydrogen) atoms. The summed E-state index contributed by atoms with van der Waals surface area (Å²) < 4.78 is 0. The smallest absolute Gasteiger partial charge is 0.244 e. The van der Waals surface area contributed by atoms with Crippen LogP contribution in [0.25, 0.3) is 0 Å². The molecule has 0 fully saturated rings. The highest BCUT2D eigenvalue weighted by Crippen LogP contribution is 2.24. The monoisotopic (exact) mass is 344 g/mol. The molecule has 4 nitrogen and oxygen atoms in total. The van der Waals surface area contributed by atoms with Crippen LogP contribution in [-0.4, -0.2) is 18.4 Å². The number of nitrogens with one attached hydrogen (secondary N) is 1. The number of benzene rings is 2. The lowest BCUT2D eigenvalue weighted by Gasteiger charge is -2.23. The predicted molar refractivity (Wildman–Crippen MR) is 98.8 cm³/mol. The molecule has 0 spiro atoms. The van der Waals surface area contributed by atoms with Gasteiger partial charge in [-0.3, -0.25) is 9.59 Å². The summed E-state index contributed by atoms with van der Waals surface area (Å²) >= 11 is 5.96. The standard InChI is InChI=1S/C19H21ClN2O2/c1-12-5-6-13(2)17(9-12)21-19(24)11-22(15(4)23)18-8-7-16(20)10-14(18)3/h5-10H,11H2,1-4H3,(H,21,24). The molecule has 0 unspecified atom stereocenters. The van der Waals surface area contributed by atoms with Crippen molar-refractivity contribution in [1.29, 1.82) is 0 Å². The molecule has 0 saturated heterocycles. The summed E-state index contributed by atoms with van der Waals surface area (Å²) in [6, 6.07) is 11.1. The van der Waals surface area contributed by atoms with Crippen molar-refractivity contribution in [3.63, 3.8) is 0 Å². The molecule has 2 aromatic carbocycles. The van der Waals surface area contributed by atoms with Gasteiger partial charge in [0.05, 0.1) is 0 Å². The van der Waals surface area contributed by atoms with E-state index >= 15 is 0 Å². The first-order valence-electron chi connectivity index (χ1n) is 7.69. The van der Waals surface area contributed by atoms with Gasteiger partial charge in [-0.15, -0.1) is 0 Å². The second-order valence-electron chi connectivity index (χ2n) is 5.90. The molecule has 0 atom stereocenters. The quantitative estimate of drug-likeness (QED) is 0.901. The number of hydrogen-bond acceptors (Lipinski definition) is 2. The fourth-order valence-corrected chi connectivity index (χ4v) is 2.72. The van der Waals surface area contributed by atoms with E-state index in [2.05, 4.69) is 5.32 Å². The fraction of sp³-hybridized carbons (Fsp3) is 0.263. The van der Waals surface area contributed by atoms with Crippen molar-refractivity contribution >= 4 is 34.8 Å². The van der Waals surface area contributed by atoms with Crippen LogP contribution in [0.5, 0.6) is 0 Å². The van der Waals surface area contributed by atoms with Crippen LogP contribution in [0.2, 0.25) is 5.02 Å². The van der Waals surface area contributed by atoms with Crippen LogP contribution in [0.1, 0.15) is 23.6 Å². The van der Waals surface area contributed by atoms with Gasteiger partial charge in [-0.1, -0.05) is 23.7 Å². The average molecular weight is 345 g/mol. The highest BCUT2D eigenvalue weighted by Gasteiger charge is 2.18. The number of aryl methyl sites for hydroxylation is 3. The molecule has 2 rings (SSSR count). The van der Waals surface area contributed by atoms with Gasteiger partial charge in [-0.05, 0) is 61.7 Å². The molecule has 1 N–H and O–H groups in total. The molecule has 0 bridgehead atoms. The summed E-state index contributed by atoms with van der Waals surface area (Å²) in [4.78, 5) is 25.9. The minimum atomic E-state index is -0.242. The van der Waals surface area contributed by atoms with Crippen molar-refractivity contribution in [3.05, 3.63) is 58.1 Å². The van der Waals surface area contributed by atoms with Crippen LogP contribution in [0.4, 0.5) is 11.4 Å². The maximum Gasteiger partial charge on any atom is 0.244 e. The third-order valence-electron chi connectivity index (χ3n) is 3.80. The predicted octanol–water partition coefficient (Wildman–Crippen LogP) is 4.26. The lowest BCUT2D eigenvalue weighted by atomic mass is 10.1. The van der Waals surface area contributed by atoms with Gasteiger partial charge in [0.1, 0.15) is 6.54 Å². The van der Waals surface area contributed by atoms with Gasteiger partial charge in [0, 0.05) is 23.3 Å². The Morgan fingerprint density at radius 2 is 1.75 bits per heavy atom. The second kappa shape index (κ2) is 7.49. The van der Waals surface area contributed by atoms with Crippen molar-refractivity contribution in [2.75, 3.05) is 16.8 Å². The van der Waals surface area contributed by atoms with Crippen LogP contribution in [0.3, 0.4) is 0 Å². The zero-order valence-corrected chi connectivity index (χ0v) is 15.1. The highest BCUT2D eigenvalue weighted by molar-refractivity contribution is 6.30. The Bertz CT molecular complexity index is 787. The summed E-state index contributed by atoms with van der Waals surface area (Å²) in [6.07, 6.45) is 0. The summed E-state index contributed by atoms with van der Waals surface area (Å²) in [5.74, 6) is -0.440. The molecule has 0 aliphatic heterocycles. The van der Waals surface area contributed by atoms with Crippen molar-refractivity contribution < 1.29 is 9.59 Å². The van der Waals surface area contributed by atoms with E-state index in [1.54, 1.807) is 18.2 Å².